The minimum absolute atomic E-state index is 0.00640. The Labute approximate surface area is 143 Å². The maximum atomic E-state index is 12.2. The zero-order valence-electron chi connectivity index (χ0n) is 14.6. The van der Waals surface area contributed by atoms with Gasteiger partial charge in [0, 0.05) is 46.8 Å². The molecule has 7 nitrogen and oxygen atoms in total. The summed E-state index contributed by atoms with van der Waals surface area (Å²) in [7, 11) is 5.11. The predicted octanol–water partition coefficient (Wildman–Crippen LogP) is 1.25. The predicted molar refractivity (Wildman–Crippen MR) is 92.3 cm³/mol. The first-order valence-electron chi connectivity index (χ1n) is 8.13. The zero-order valence-corrected chi connectivity index (χ0v) is 14.6. The maximum absolute atomic E-state index is 12.2. The van der Waals surface area contributed by atoms with E-state index in [9.17, 15) is 9.59 Å². The van der Waals surface area contributed by atoms with Crippen molar-refractivity contribution in [1.29, 1.82) is 0 Å². The van der Waals surface area contributed by atoms with Crippen molar-refractivity contribution in [2.75, 3.05) is 53.9 Å². The van der Waals surface area contributed by atoms with Gasteiger partial charge < -0.3 is 24.8 Å². The van der Waals surface area contributed by atoms with E-state index in [0.29, 0.717) is 32.7 Å². The van der Waals surface area contributed by atoms with E-state index in [1.807, 2.05) is 24.3 Å². The van der Waals surface area contributed by atoms with Crippen molar-refractivity contribution < 1.29 is 14.3 Å². The largest absolute Gasteiger partial charge is 0.497 e. The highest BCUT2D eigenvalue weighted by molar-refractivity contribution is 5.76. The van der Waals surface area contributed by atoms with Crippen LogP contribution in [0.4, 0.5) is 9.59 Å². The van der Waals surface area contributed by atoms with Gasteiger partial charge in [0.1, 0.15) is 5.75 Å². The summed E-state index contributed by atoms with van der Waals surface area (Å²) in [6, 6.07) is 7.74. The number of ether oxygens (including phenoxy) is 1. The molecule has 1 fully saturated rings. The molecule has 0 unspecified atom stereocenters. The van der Waals surface area contributed by atoms with Crippen LogP contribution in [0.2, 0.25) is 0 Å². The summed E-state index contributed by atoms with van der Waals surface area (Å²) >= 11 is 0. The van der Waals surface area contributed by atoms with Crippen LogP contribution >= 0.6 is 0 Å². The van der Waals surface area contributed by atoms with Crippen LogP contribution in [-0.2, 0) is 6.42 Å². The van der Waals surface area contributed by atoms with Gasteiger partial charge in [0.2, 0.25) is 0 Å². The highest BCUT2D eigenvalue weighted by Crippen LogP contribution is 2.12. The standard InChI is InChI=1S/C17H26N4O3/c1-19(2)17(23)21-11-9-20(10-12-21)16(22)18-8-7-14-5-4-6-15(13-14)24-3/h4-6,13H,7-12H2,1-3H3,(H,18,22). The lowest BCUT2D eigenvalue weighted by Crippen LogP contribution is -2.55. The van der Waals surface area contributed by atoms with Crippen LogP contribution in [-0.4, -0.2) is 80.7 Å². The van der Waals surface area contributed by atoms with Gasteiger partial charge in [0.05, 0.1) is 7.11 Å². The molecule has 1 aliphatic heterocycles. The molecule has 0 aliphatic carbocycles. The lowest BCUT2D eigenvalue weighted by molar-refractivity contribution is 0.129. The highest BCUT2D eigenvalue weighted by Gasteiger charge is 2.24. The van der Waals surface area contributed by atoms with E-state index in [0.717, 1.165) is 17.7 Å². The molecule has 0 atom stereocenters. The second-order valence-corrected chi connectivity index (χ2v) is 5.98. The fourth-order valence-electron chi connectivity index (χ4n) is 2.64. The topological polar surface area (TPSA) is 65.1 Å². The molecule has 1 aliphatic rings. The van der Waals surface area contributed by atoms with Gasteiger partial charge in [-0.25, -0.2) is 9.59 Å². The zero-order chi connectivity index (χ0) is 17.5. The smallest absolute Gasteiger partial charge is 0.319 e. The first kappa shape index (κ1) is 17.9. The summed E-state index contributed by atoms with van der Waals surface area (Å²) < 4.78 is 5.19. The van der Waals surface area contributed by atoms with Gasteiger partial charge in [-0.2, -0.15) is 0 Å². The van der Waals surface area contributed by atoms with Crippen LogP contribution in [0.1, 0.15) is 5.56 Å². The lowest BCUT2D eigenvalue weighted by Gasteiger charge is -2.35. The first-order valence-corrected chi connectivity index (χ1v) is 8.13. The minimum Gasteiger partial charge on any atom is -0.497 e. The Balaban J connectivity index is 1.73. The number of piperazine rings is 1. The highest BCUT2D eigenvalue weighted by atomic mass is 16.5. The summed E-state index contributed by atoms with van der Waals surface area (Å²) in [5, 5.41) is 2.94. The molecular formula is C17H26N4O3. The number of methoxy groups -OCH3 is 1. The van der Waals surface area contributed by atoms with Crippen LogP contribution in [0.3, 0.4) is 0 Å². The Bertz CT molecular complexity index is 569. The number of rotatable bonds is 4. The molecule has 0 bridgehead atoms. The number of nitrogens with zero attached hydrogens (tertiary/aromatic N) is 3. The van der Waals surface area contributed by atoms with Crippen molar-refractivity contribution in [1.82, 2.24) is 20.0 Å². The van der Waals surface area contributed by atoms with Crippen LogP contribution < -0.4 is 10.1 Å². The van der Waals surface area contributed by atoms with Crippen LogP contribution in [0, 0.1) is 0 Å². The maximum Gasteiger partial charge on any atom is 0.319 e. The average molecular weight is 334 g/mol. The van der Waals surface area contributed by atoms with E-state index in [4.69, 9.17) is 4.74 Å². The van der Waals surface area contributed by atoms with Crippen molar-refractivity contribution in [2.24, 2.45) is 0 Å². The van der Waals surface area contributed by atoms with Crippen molar-refractivity contribution in [2.45, 2.75) is 6.42 Å². The monoisotopic (exact) mass is 334 g/mol. The van der Waals surface area contributed by atoms with Crippen LogP contribution in [0.25, 0.3) is 0 Å². The number of carbonyl (C=O) groups is 2. The molecule has 7 heteroatoms. The number of nitrogens with one attached hydrogen (secondary N) is 1. The summed E-state index contributed by atoms with van der Waals surface area (Å²) in [4.78, 5) is 29.2. The quantitative estimate of drug-likeness (QED) is 0.901. The number of amides is 4. The van der Waals surface area contributed by atoms with Crippen molar-refractivity contribution in [3.8, 4) is 5.75 Å². The molecule has 1 saturated heterocycles. The van der Waals surface area contributed by atoms with Gasteiger partial charge in [-0.15, -0.1) is 0 Å². The minimum atomic E-state index is -0.0742. The molecule has 0 saturated carbocycles. The van der Waals surface area contributed by atoms with Crippen LogP contribution in [0.5, 0.6) is 5.75 Å². The third-order valence-corrected chi connectivity index (χ3v) is 4.04. The van der Waals surface area contributed by atoms with E-state index in [2.05, 4.69) is 5.32 Å². The summed E-state index contributed by atoms with van der Waals surface area (Å²) in [6.07, 6.45) is 0.752. The third kappa shape index (κ3) is 4.78. The fraction of sp³-hybridized carbons (Fsp3) is 0.529. The molecule has 132 valence electrons. The normalized spacial score (nSPS) is 14.3. The average Bonchev–Trinajstić information content (AvgIpc) is 2.61. The number of urea groups is 2. The Morgan fingerprint density at radius 2 is 1.83 bits per heavy atom. The second kappa shape index (κ2) is 8.42. The van der Waals surface area contributed by atoms with Gasteiger partial charge in [-0.1, -0.05) is 12.1 Å². The first-order chi connectivity index (χ1) is 11.5. The summed E-state index contributed by atoms with van der Waals surface area (Å²) in [5.74, 6) is 0.820. The SMILES string of the molecule is COc1cccc(CCNC(=O)N2CCN(C(=O)N(C)C)CC2)c1. The number of benzene rings is 1. The number of carbonyl (C=O) groups excluding carboxylic acids is 2. The Kier molecular flexibility index (Phi) is 6.28. The van der Waals surface area contributed by atoms with E-state index in [-0.39, 0.29) is 12.1 Å². The molecule has 24 heavy (non-hydrogen) atoms. The van der Waals surface area contributed by atoms with Gasteiger partial charge in [0.15, 0.2) is 0 Å². The molecular weight excluding hydrogens is 308 g/mol. The molecule has 1 heterocycles. The van der Waals surface area contributed by atoms with Crippen molar-refractivity contribution in [3.63, 3.8) is 0 Å². The van der Waals surface area contributed by atoms with Gasteiger partial charge in [0.25, 0.3) is 0 Å². The molecule has 0 spiro atoms. The van der Waals surface area contributed by atoms with Gasteiger partial charge in [-0.3, -0.25) is 0 Å². The lowest BCUT2D eigenvalue weighted by atomic mass is 10.1. The van der Waals surface area contributed by atoms with E-state index in [1.165, 1.54) is 0 Å². The van der Waals surface area contributed by atoms with Crippen LogP contribution in [0.15, 0.2) is 24.3 Å². The summed E-state index contributed by atoms with van der Waals surface area (Å²) in [6.45, 7) is 2.83. The third-order valence-electron chi connectivity index (χ3n) is 4.04. The molecule has 0 aromatic heterocycles. The molecule has 1 aromatic rings. The molecule has 2 rings (SSSR count). The van der Waals surface area contributed by atoms with E-state index in [1.54, 1.807) is 35.9 Å². The molecule has 1 N–H and O–H groups in total. The summed E-state index contributed by atoms with van der Waals surface area (Å²) in [5.41, 5.74) is 1.12. The molecule has 0 radical (unpaired) electrons. The Hall–Kier alpha value is -2.44. The van der Waals surface area contributed by atoms with Crippen molar-refractivity contribution >= 4 is 12.1 Å². The Morgan fingerprint density at radius 3 is 2.46 bits per heavy atom. The number of hydrogen-bond acceptors (Lipinski definition) is 3. The molecule has 4 amide bonds. The second-order valence-electron chi connectivity index (χ2n) is 5.98. The van der Waals surface area contributed by atoms with E-state index >= 15 is 0 Å². The van der Waals surface area contributed by atoms with Crippen molar-refractivity contribution in [3.05, 3.63) is 29.8 Å². The fourth-order valence-corrected chi connectivity index (χ4v) is 2.64. The van der Waals surface area contributed by atoms with Gasteiger partial charge >= 0.3 is 12.1 Å². The molecule has 1 aromatic carbocycles. The Morgan fingerprint density at radius 1 is 1.17 bits per heavy atom. The number of hydrogen-bond donors (Lipinski definition) is 1. The van der Waals surface area contributed by atoms with E-state index < -0.39 is 0 Å². The van der Waals surface area contributed by atoms with Gasteiger partial charge in [-0.05, 0) is 24.1 Å².